The summed E-state index contributed by atoms with van der Waals surface area (Å²) in [5, 5.41) is 13.7. The summed E-state index contributed by atoms with van der Waals surface area (Å²) in [7, 11) is 0. The quantitative estimate of drug-likeness (QED) is 0.111. The number of rotatable bonds is 10. The topological polar surface area (TPSA) is 117 Å². The fraction of sp³-hybridized carbons (Fsp3) is 0.250. The number of unbranched alkanes of at least 4 members (excludes halogenated alkanes) is 2. The predicted molar refractivity (Wildman–Crippen MR) is 142 cm³/mol. The maximum atomic E-state index is 12.5. The summed E-state index contributed by atoms with van der Waals surface area (Å²) in [6.45, 7) is 0.491. The molecule has 0 saturated heterocycles. The minimum absolute atomic E-state index is 0.0438. The molecule has 0 aliphatic rings. The lowest BCUT2D eigenvalue weighted by molar-refractivity contribution is 0.0972. The van der Waals surface area contributed by atoms with Crippen LogP contribution in [0.2, 0.25) is 5.15 Å². The molecule has 0 aliphatic heterocycles. The number of hydrogen-bond acceptors (Lipinski definition) is 6. The normalized spacial score (nSPS) is 10.6. The number of nitrogens with two attached hydrogens (primary N) is 1. The first-order valence-electron chi connectivity index (χ1n) is 10.7. The minimum Gasteiger partial charge on any atom is -0.382 e. The molecule has 0 spiro atoms. The predicted octanol–water partition coefficient (Wildman–Crippen LogP) is 5.44. The van der Waals surface area contributed by atoms with E-state index in [0.717, 1.165) is 34.8 Å². The summed E-state index contributed by atoms with van der Waals surface area (Å²) in [5.41, 5.74) is 8.21. The molecule has 0 fully saturated rings. The van der Waals surface area contributed by atoms with Crippen LogP contribution >= 0.6 is 34.2 Å². The van der Waals surface area contributed by atoms with Crippen molar-refractivity contribution in [3.8, 4) is 0 Å². The first-order chi connectivity index (χ1) is 15.9. The van der Waals surface area contributed by atoms with Crippen molar-refractivity contribution in [3.63, 3.8) is 0 Å². The van der Waals surface area contributed by atoms with Gasteiger partial charge in [-0.15, -0.1) is 0 Å². The molecule has 0 radical (unpaired) electrons. The van der Waals surface area contributed by atoms with Gasteiger partial charge in [0.25, 0.3) is 5.91 Å². The molecule has 3 rings (SSSR count). The first kappa shape index (κ1) is 24.9. The van der Waals surface area contributed by atoms with Crippen molar-refractivity contribution in [1.29, 1.82) is 5.41 Å². The van der Waals surface area contributed by atoms with Crippen LogP contribution in [0, 0.1) is 8.98 Å². The second kappa shape index (κ2) is 12.5. The fourth-order valence-corrected chi connectivity index (χ4v) is 3.76. The fourth-order valence-electron chi connectivity index (χ4n) is 3.21. The summed E-state index contributed by atoms with van der Waals surface area (Å²) in [4.78, 5) is 20.8. The highest BCUT2D eigenvalue weighted by atomic mass is 127. The van der Waals surface area contributed by atoms with Crippen molar-refractivity contribution in [1.82, 2.24) is 15.3 Å². The molecule has 7 nitrogen and oxygen atoms in total. The number of nitrogen functional groups attached to an aromatic ring is 1. The van der Waals surface area contributed by atoms with E-state index in [1.807, 2.05) is 42.5 Å². The number of amidine groups is 1. The van der Waals surface area contributed by atoms with E-state index in [4.69, 9.17) is 22.7 Å². The molecule has 1 aromatic heterocycles. The number of aromatic nitrogens is 2. The first-order valence-corrected chi connectivity index (χ1v) is 12.1. The Bertz CT molecular complexity index is 1090. The molecular weight excluding hydrogens is 551 g/mol. The Hall–Kier alpha value is -2.72. The zero-order valence-electron chi connectivity index (χ0n) is 18.1. The maximum absolute atomic E-state index is 12.5. The van der Waals surface area contributed by atoms with Crippen LogP contribution in [-0.2, 0) is 13.0 Å². The van der Waals surface area contributed by atoms with E-state index in [2.05, 4.69) is 55.3 Å². The average Bonchev–Trinajstić information content (AvgIpc) is 2.80. The van der Waals surface area contributed by atoms with E-state index >= 15 is 0 Å². The van der Waals surface area contributed by atoms with Crippen molar-refractivity contribution in [2.45, 2.75) is 38.6 Å². The van der Waals surface area contributed by atoms with Gasteiger partial charge in [-0.25, -0.2) is 9.97 Å². The molecule has 3 aromatic rings. The second-order valence-electron chi connectivity index (χ2n) is 7.56. The van der Waals surface area contributed by atoms with E-state index in [1.165, 1.54) is 5.56 Å². The van der Waals surface area contributed by atoms with Gasteiger partial charge in [0, 0.05) is 16.5 Å². The number of benzene rings is 2. The molecule has 0 saturated carbocycles. The third-order valence-electron chi connectivity index (χ3n) is 4.97. The molecule has 0 atom stereocenters. The Balaban J connectivity index is 1.46. The monoisotopic (exact) mass is 576 g/mol. The number of carbonyl (C=O) groups excluding carboxylic acids is 1. The van der Waals surface area contributed by atoms with Crippen molar-refractivity contribution >= 4 is 57.6 Å². The summed E-state index contributed by atoms with van der Waals surface area (Å²) in [6.07, 6.45) is 4.30. The van der Waals surface area contributed by atoms with Crippen molar-refractivity contribution in [3.05, 3.63) is 80.1 Å². The minimum atomic E-state index is -0.583. The molecule has 0 bridgehead atoms. The molecule has 9 heteroatoms. The molecule has 172 valence electrons. The number of nitrogens with one attached hydrogen (secondary N) is 3. The number of amides is 1. The summed E-state index contributed by atoms with van der Waals surface area (Å²) < 4.78 is 1.14. The van der Waals surface area contributed by atoms with Crippen molar-refractivity contribution < 1.29 is 4.79 Å². The van der Waals surface area contributed by atoms with Gasteiger partial charge in [0.1, 0.15) is 5.84 Å². The standard InChI is InChI=1S/C24H26ClIN6O/c25-21-23(29-15-17-11-13-18(26)14-12-17)32-22(28)20(31-21)24(33)30-19(27)10-6-2-5-9-16-7-3-1-4-8-16/h1,3-4,7-8,11-14H,2,5-6,9-10,15H2,(H2,27,30,33)(H3,28,29,32). The Morgan fingerprint density at radius 3 is 2.45 bits per heavy atom. The molecule has 1 amide bonds. The number of aryl methyl sites for hydroxylation is 1. The van der Waals surface area contributed by atoms with Crippen LogP contribution in [0.5, 0.6) is 0 Å². The second-order valence-corrected chi connectivity index (χ2v) is 9.16. The number of anilines is 2. The molecular formula is C24H26ClIN6O. The lowest BCUT2D eigenvalue weighted by Gasteiger charge is -2.11. The SMILES string of the molecule is N=C(CCCCCc1ccccc1)NC(=O)c1nc(Cl)c(NCc2ccc(I)cc2)nc1N. The van der Waals surface area contributed by atoms with Crippen LogP contribution < -0.4 is 16.4 Å². The number of halogens is 2. The number of nitrogens with zero attached hydrogens (tertiary/aromatic N) is 2. The van der Waals surface area contributed by atoms with Crippen LogP contribution in [0.3, 0.4) is 0 Å². The Morgan fingerprint density at radius 1 is 1.00 bits per heavy atom. The smallest absolute Gasteiger partial charge is 0.279 e. The van der Waals surface area contributed by atoms with E-state index in [1.54, 1.807) is 0 Å². The zero-order valence-corrected chi connectivity index (χ0v) is 21.0. The van der Waals surface area contributed by atoms with Gasteiger partial charge in [-0.1, -0.05) is 60.5 Å². The van der Waals surface area contributed by atoms with Gasteiger partial charge in [0.2, 0.25) is 0 Å². The third kappa shape index (κ3) is 7.97. The number of hydrogen-bond donors (Lipinski definition) is 4. The van der Waals surface area contributed by atoms with Crippen LogP contribution in [0.15, 0.2) is 54.6 Å². The molecule has 1 heterocycles. The maximum Gasteiger partial charge on any atom is 0.279 e. The summed E-state index contributed by atoms with van der Waals surface area (Å²) >= 11 is 8.46. The Labute approximate surface area is 212 Å². The molecule has 33 heavy (non-hydrogen) atoms. The highest BCUT2D eigenvalue weighted by Gasteiger charge is 2.18. The van der Waals surface area contributed by atoms with Crippen LogP contribution in [0.1, 0.15) is 47.3 Å². The molecule has 5 N–H and O–H groups in total. The van der Waals surface area contributed by atoms with E-state index in [0.29, 0.717) is 18.8 Å². The summed E-state index contributed by atoms with van der Waals surface area (Å²) in [5.74, 6) is -0.200. The lowest BCUT2D eigenvalue weighted by Crippen LogP contribution is -2.31. The lowest BCUT2D eigenvalue weighted by atomic mass is 10.1. The van der Waals surface area contributed by atoms with E-state index in [9.17, 15) is 4.79 Å². The van der Waals surface area contributed by atoms with E-state index in [-0.39, 0.29) is 22.5 Å². The van der Waals surface area contributed by atoms with Crippen LogP contribution in [-0.4, -0.2) is 21.7 Å². The van der Waals surface area contributed by atoms with Crippen molar-refractivity contribution in [2.75, 3.05) is 11.1 Å². The van der Waals surface area contributed by atoms with Gasteiger partial charge in [-0.3, -0.25) is 10.2 Å². The molecule has 2 aromatic carbocycles. The molecule has 0 aliphatic carbocycles. The van der Waals surface area contributed by atoms with Crippen molar-refractivity contribution in [2.24, 2.45) is 0 Å². The molecule has 0 unspecified atom stereocenters. The van der Waals surface area contributed by atoms with Gasteiger partial charge in [0.05, 0.1) is 0 Å². The van der Waals surface area contributed by atoms with Gasteiger partial charge in [-0.2, -0.15) is 0 Å². The largest absolute Gasteiger partial charge is 0.382 e. The highest BCUT2D eigenvalue weighted by molar-refractivity contribution is 14.1. The highest BCUT2D eigenvalue weighted by Crippen LogP contribution is 2.21. The van der Waals surface area contributed by atoms with E-state index < -0.39 is 5.91 Å². The van der Waals surface area contributed by atoms with Gasteiger partial charge >= 0.3 is 0 Å². The Morgan fingerprint density at radius 2 is 1.73 bits per heavy atom. The number of carbonyl (C=O) groups is 1. The zero-order chi connectivity index (χ0) is 23.6. The third-order valence-corrected chi connectivity index (χ3v) is 5.95. The average molecular weight is 577 g/mol. The van der Waals surface area contributed by atoms with Gasteiger partial charge in [-0.05, 0) is 65.1 Å². The van der Waals surface area contributed by atoms with Crippen LogP contribution in [0.25, 0.3) is 0 Å². The van der Waals surface area contributed by atoms with Gasteiger partial charge < -0.3 is 16.4 Å². The van der Waals surface area contributed by atoms with Crippen LogP contribution in [0.4, 0.5) is 11.6 Å². The summed E-state index contributed by atoms with van der Waals surface area (Å²) in [6, 6.07) is 18.3. The van der Waals surface area contributed by atoms with Gasteiger partial charge in [0.15, 0.2) is 22.5 Å². The Kier molecular flexibility index (Phi) is 9.44.